The van der Waals surface area contributed by atoms with Crippen molar-refractivity contribution < 1.29 is 0 Å². The second-order valence-corrected chi connectivity index (χ2v) is 4.76. The molecule has 6 heteroatoms. The number of likely N-dealkylation sites (N-methyl/N-ethyl adjacent to an activating group) is 1. The van der Waals surface area contributed by atoms with Gasteiger partial charge in [-0.2, -0.15) is 5.10 Å². The van der Waals surface area contributed by atoms with Gasteiger partial charge in [0.2, 0.25) is 0 Å². The third-order valence-electron chi connectivity index (χ3n) is 3.26. The minimum absolute atomic E-state index is 0.246. The minimum atomic E-state index is -0.250. The molecule has 5 nitrogen and oxygen atoms in total. The first-order valence-electron chi connectivity index (χ1n) is 5.76. The van der Waals surface area contributed by atoms with Gasteiger partial charge in [-0.25, -0.2) is 4.68 Å². The molecular weight excluding hydrogens is 240 g/mol. The molecule has 17 heavy (non-hydrogen) atoms. The van der Waals surface area contributed by atoms with Crippen LogP contribution in [0, 0.1) is 0 Å². The van der Waals surface area contributed by atoms with Crippen molar-refractivity contribution >= 4 is 17.3 Å². The highest BCUT2D eigenvalue weighted by molar-refractivity contribution is 6.33. The first kappa shape index (κ1) is 12.4. The molecule has 94 valence electrons. The summed E-state index contributed by atoms with van der Waals surface area (Å²) in [4.78, 5) is 13.7. The second kappa shape index (κ2) is 5.06. The molecular formula is C11H17ClN4O. The third kappa shape index (κ3) is 2.45. The van der Waals surface area contributed by atoms with Crippen LogP contribution in [0.3, 0.4) is 0 Å². The van der Waals surface area contributed by atoms with Crippen molar-refractivity contribution in [3.8, 4) is 0 Å². The summed E-state index contributed by atoms with van der Waals surface area (Å²) in [6, 6.07) is 0.371. The predicted molar refractivity (Wildman–Crippen MR) is 68.8 cm³/mol. The number of rotatable bonds is 2. The van der Waals surface area contributed by atoms with E-state index in [1.807, 2.05) is 11.9 Å². The van der Waals surface area contributed by atoms with Crippen LogP contribution in [0.1, 0.15) is 12.8 Å². The average molecular weight is 257 g/mol. The van der Waals surface area contributed by atoms with E-state index in [-0.39, 0.29) is 10.6 Å². The molecule has 1 aromatic rings. The van der Waals surface area contributed by atoms with Crippen LogP contribution >= 0.6 is 11.6 Å². The van der Waals surface area contributed by atoms with Crippen molar-refractivity contribution in [2.75, 3.05) is 25.0 Å². The molecule has 0 bridgehead atoms. The maximum atomic E-state index is 11.7. The summed E-state index contributed by atoms with van der Waals surface area (Å²) >= 11 is 6.08. The smallest absolute Gasteiger partial charge is 0.287 e. The van der Waals surface area contributed by atoms with Gasteiger partial charge in [0.25, 0.3) is 5.56 Å². The highest BCUT2D eigenvalue weighted by Gasteiger charge is 2.21. The van der Waals surface area contributed by atoms with E-state index in [1.54, 1.807) is 13.2 Å². The van der Waals surface area contributed by atoms with Crippen molar-refractivity contribution in [2.24, 2.45) is 7.05 Å². The molecule has 2 heterocycles. The number of anilines is 1. The standard InChI is InChI=1S/C11H17ClN4O/c1-15(8-4-3-5-13-6-8)9-7-14-16(2)11(17)10(9)12/h7-8,13H,3-6H2,1-2H3. The van der Waals surface area contributed by atoms with E-state index >= 15 is 0 Å². The first-order chi connectivity index (χ1) is 8.11. The zero-order chi connectivity index (χ0) is 12.4. The molecule has 0 aromatic carbocycles. The van der Waals surface area contributed by atoms with Crippen molar-refractivity contribution in [3.63, 3.8) is 0 Å². The van der Waals surface area contributed by atoms with Crippen LogP contribution in [0.5, 0.6) is 0 Å². The Morgan fingerprint density at radius 1 is 1.65 bits per heavy atom. The predicted octanol–water partition coefficient (Wildman–Crippen LogP) is 0.622. The van der Waals surface area contributed by atoms with Crippen LogP contribution in [-0.2, 0) is 7.05 Å². The van der Waals surface area contributed by atoms with Gasteiger partial charge in [-0.1, -0.05) is 11.6 Å². The first-order valence-corrected chi connectivity index (χ1v) is 6.14. The molecule has 2 rings (SSSR count). The molecule has 1 unspecified atom stereocenters. The van der Waals surface area contributed by atoms with Crippen molar-refractivity contribution in [2.45, 2.75) is 18.9 Å². The third-order valence-corrected chi connectivity index (χ3v) is 3.61. The van der Waals surface area contributed by atoms with E-state index < -0.39 is 0 Å². The number of nitrogens with one attached hydrogen (secondary N) is 1. The monoisotopic (exact) mass is 256 g/mol. The van der Waals surface area contributed by atoms with Crippen LogP contribution in [0.15, 0.2) is 11.0 Å². The van der Waals surface area contributed by atoms with Gasteiger partial charge < -0.3 is 10.2 Å². The van der Waals surface area contributed by atoms with Crippen LogP contribution in [0.4, 0.5) is 5.69 Å². The summed E-state index contributed by atoms with van der Waals surface area (Å²) in [6.07, 6.45) is 3.90. The molecule has 0 amide bonds. The van der Waals surface area contributed by atoms with E-state index in [9.17, 15) is 4.79 Å². The SMILES string of the molecule is CN(c1cnn(C)c(=O)c1Cl)C1CCCNC1. The highest BCUT2D eigenvalue weighted by Crippen LogP contribution is 2.23. The zero-order valence-electron chi connectivity index (χ0n) is 10.1. The van der Waals surface area contributed by atoms with Gasteiger partial charge in [-0.3, -0.25) is 4.79 Å². The molecule has 1 N–H and O–H groups in total. The lowest BCUT2D eigenvalue weighted by atomic mass is 10.1. The molecule has 0 saturated carbocycles. The number of piperidine rings is 1. The average Bonchev–Trinajstić information content (AvgIpc) is 2.36. The van der Waals surface area contributed by atoms with Gasteiger partial charge in [-0.15, -0.1) is 0 Å². The summed E-state index contributed by atoms with van der Waals surface area (Å²) in [6.45, 7) is 1.98. The molecule has 1 fully saturated rings. The fourth-order valence-corrected chi connectivity index (χ4v) is 2.41. The maximum Gasteiger partial charge on any atom is 0.287 e. The number of hydrogen-bond donors (Lipinski definition) is 1. The molecule has 1 atom stereocenters. The Kier molecular flexibility index (Phi) is 3.69. The molecule has 1 saturated heterocycles. The second-order valence-electron chi connectivity index (χ2n) is 4.38. The van der Waals surface area contributed by atoms with Gasteiger partial charge in [0, 0.05) is 26.7 Å². The number of halogens is 1. The Labute approximate surface area is 105 Å². The fourth-order valence-electron chi connectivity index (χ4n) is 2.11. The fraction of sp³-hybridized carbons (Fsp3) is 0.636. The Bertz CT molecular complexity index is 453. The van der Waals surface area contributed by atoms with Crippen LogP contribution in [0.2, 0.25) is 5.02 Å². The van der Waals surface area contributed by atoms with E-state index in [0.29, 0.717) is 11.7 Å². The number of aromatic nitrogens is 2. The number of hydrogen-bond acceptors (Lipinski definition) is 4. The van der Waals surface area contributed by atoms with Crippen LogP contribution in [0.25, 0.3) is 0 Å². The van der Waals surface area contributed by atoms with E-state index in [2.05, 4.69) is 10.4 Å². The van der Waals surface area contributed by atoms with Gasteiger partial charge in [0.1, 0.15) is 5.02 Å². The number of aryl methyl sites for hydroxylation is 1. The van der Waals surface area contributed by atoms with Crippen LogP contribution < -0.4 is 15.8 Å². The van der Waals surface area contributed by atoms with E-state index in [4.69, 9.17) is 11.6 Å². The Balaban J connectivity index is 2.27. The molecule has 1 aliphatic heterocycles. The van der Waals surface area contributed by atoms with Crippen molar-refractivity contribution in [1.29, 1.82) is 0 Å². The topological polar surface area (TPSA) is 50.2 Å². The highest BCUT2D eigenvalue weighted by atomic mass is 35.5. The Morgan fingerprint density at radius 3 is 3.06 bits per heavy atom. The van der Waals surface area contributed by atoms with Crippen molar-refractivity contribution in [1.82, 2.24) is 15.1 Å². The zero-order valence-corrected chi connectivity index (χ0v) is 10.9. The lowest BCUT2D eigenvalue weighted by molar-refractivity contribution is 0.444. The van der Waals surface area contributed by atoms with E-state index in [0.717, 1.165) is 25.9 Å². The summed E-state index contributed by atoms with van der Waals surface area (Å²) in [5, 5.41) is 7.60. The van der Waals surface area contributed by atoms with Gasteiger partial charge in [0.15, 0.2) is 0 Å². The Morgan fingerprint density at radius 2 is 2.41 bits per heavy atom. The van der Waals surface area contributed by atoms with Crippen molar-refractivity contribution in [3.05, 3.63) is 21.6 Å². The van der Waals surface area contributed by atoms with E-state index in [1.165, 1.54) is 4.68 Å². The molecule has 1 aromatic heterocycles. The quantitative estimate of drug-likeness (QED) is 0.843. The largest absolute Gasteiger partial charge is 0.368 e. The summed E-state index contributed by atoms with van der Waals surface area (Å²) < 4.78 is 1.25. The molecule has 0 radical (unpaired) electrons. The summed E-state index contributed by atoms with van der Waals surface area (Å²) in [5.74, 6) is 0. The van der Waals surface area contributed by atoms with Crippen LogP contribution in [-0.4, -0.2) is 36.0 Å². The number of nitrogens with zero attached hydrogens (tertiary/aromatic N) is 3. The molecule has 0 aliphatic carbocycles. The normalized spacial score (nSPS) is 20.3. The summed E-state index contributed by atoms with van der Waals surface area (Å²) in [5.41, 5.74) is 0.461. The lowest BCUT2D eigenvalue weighted by Crippen LogP contribution is -2.44. The van der Waals surface area contributed by atoms with Gasteiger partial charge >= 0.3 is 0 Å². The minimum Gasteiger partial charge on any atom is -0.368 e. The lowest BCUT2D eigenvalue weighted by Gasteiger charge is -2.33. The molecule has 1 aliphatic rings. The maximum absolute atomic E-state index is 11.7. The Hall–Kier alpha value is -1.07. The van der Waals surface area contributed by atoms with Gasteiger partial charge in [-0.05, 0) is 19.4 Å². The molecule has 0 spiro atoms. The summed E-state index contributed by atoms with van der Waals surface area (Å²) in [7, 11) is 3.56. The van der Waals surface area contributed by atoms with Gasteiger partial charge in [0.05, 0.1) is 11.9 Å².